The summed E-state index contributed by atoms with van der Waals surface area (Å²) in [5, 5.41) is 5.62. The molecule has 120 valence electrons. The van der Waals surface area contributed by atoms with Gasteiger partial charge in [0.15, 0.2) is 0 Å². The van der Waals surface area contributed by atoms with Crippen LogP contribution < -0.4 is 16.4 Å². The molecule has 2 aromatic carbocycles. The molecule has 7 heteroatoms. The Kier molecular flexibility index (Phi) is 5.67. The molecule has 0 saturated heterocycles. The second-order valence-electron chi connectivity index (χ2n) is 4.74. The van der Waals surface area contributed by atoms with E-state index in [1.54, 1.807) is 12.1 Å². The Bertz CT molecular complexity index is 720. The first-order chi connectivity index (χ1) is 11.0. The van der Waals surface area contributed by atoms with Crippen molar-refractivity contribution in [3.63, 3.8) is 0 Å². The summed E-state index contributed by atoms with van der Waals surface area (Å²) < 4.78 is 12.9. The second-order valence-corrected chi connectivity index (χ2v) is 5.15. The highest BCUT2D eigenvalue weighted by Gasteiger charge is 2.10. The molecule has 0 aliphatic heterocycles. The molecular formula is C16H15ClFN3O2. The summed E-state index contributed by atoms with van der Waals surface area (Å²) in [4.78, 5) is 23.7. The lowest BCUT2D eigenvalue weighted by atomic mass is 10.2. The minimum atomic E-state index is -0.419. The van der Waals surface area contributed by atoms with Gasteiger partial charge >= 0.3 is 0 Å². The van der Waals surface area contributed by atoms with E-state index in [0.717, 1.165) is 0 Å². The van der Waals surface area contributed by atoms with Crippen molar-refractivity contribution < 1.29 is 14.0 Å². The van der Waals surface area contributed by atoms with Gasteiger partial charge in [-0.1, -0.05) is 11.6 Å². The fraction of sp³-hybridized carbons (Fsp3) is 0.125. The number of carbonyl (C=O) groups excluding carboxylic acids is 2. The van der Waals surface area contributed by atoms with Crippen molar-refractivity contribution in [2.45, 2.75) is 6.42 Å². The third-order valence-corrected chi connectivity index (χ3v) is 3.31. The summed E-state index contributed by atoms with van der Waals surface area (Å²) in [5.41, 5.74) is 6.46. The predicted molar refractivity (Wildman–Crippen MR) is 88.1 cm³/mol. The van der Waals surface area contributed by atoms with Crippen LogP contribution in [0, 0.1) is 5.82 Å². The van der Waals surface area contributed by atoms with Crippen LogP contribution in [0.2, 0.25) is 5.02 Å². The third-order valence-electron chi connectivity index (χ3n) is 2.98. The molecule has 0 radical (unpaired) electrons. The van der Waals surface area contributed by atoms with Gasteiger partial charge in [-0.3, -0.25) is 9.59 Å². The molecule has 2 aromatic rings. The van der Waals surface area contributed by atoms with Crippen molar-refractivity contribution in [2.75, 3.05) is 17.2 Å². The van der Waals surface area contributed by atoms with E-state index in [4.69, 9.17) is 17.3 Å². The van der Waals surface area contributed by atoms with Crippen molar-refractivity contribution in [3.05, 3.63) is 58.9 Å². The maximum atomic E-state index is 12.9. The number of nitrogens with two attached hydrogens (primary N) is 1. The van der Waals surface area contributed by atoms with Crippen LogP contribution in [-0.4, -0.2) is 18.4 Å². The Morgan fingerprint density at radius 2 is 1.78 bits per heavy atom. The van der Waals surface area contributed by atoms with Gasteiger partial charge in [-0.2, -0.15) is 0 Å². The molecule has 0 heterocycles. The highest BCUT2D eigenvalue weighted by molar-refractivity contribution is 6.33. The number of benzene rings is 2. The van der Waals surface area contributed by atoms with E-state index in [1.165, 1.54) is 30.3 Å². The fourth-order valence-electron chi connectivity index (χ4n) is 1.85. The number of carbonyl (C=O) groups is 2. The number of nitrogens with one attached hydrogen (secondary N) is 2. The number of hydrogen-bond donors (Lipinski definition) is 3. The quantitative estimate of drug-likeness (QED) is 0.785. The summed E-state index contributed by atoms with van der Waals surface area (Å²) in [7, 11) is 0. The van der Waals surface area contributed by atoms with Gasteiger partial charge in [0.05, 0.1) is 10.7 Å². The van der Waals surface area contributed by atoms with Crippen molar-refractivity contribution in [1.29, 1.82) is 0 Å². The Hall–Kier alpha value is -2.44. The first kappa shape index (κ1) is 16.9. The first-order valence-electron chi connectivity index (χ1n) is 6.86. The molecule has 0 aliphatic carbocycles. The lowest BCUT2D eigenvalue weighted by molar-refractivity contribution is -0.116. The van der Waals surface area contributed by atoms with Crippen LogP contribution in [0.4, 0.5) is 15.8 Å². The van der Waals surface area contributed by atoms with Crippen LogP contribution in [-0.2, 0) is 4.79 Å². The van der Waals surface area contributed by atoms with Crippen LogP contribution in [0.25, 0.3) is 0 Å². The maximum Gasteiger partial charge on any atom is 0.255 e. The molecule has 0 unspecified atom stereocenters. The second kappa shape index (κ2) is 7.71. The number of halogens is 2. The van der Waals surface area contributed by atoms with Crippen LogP contribution in [0.3, 0.4) is 0 Å². The zero-order valence-corrected chi connectivity index (χ0v) is 12.9. The normalized spacial score (nSPS) is 10.2. The van der Waals surface area contributed by atoms with Gasteiger partial charge in [-0.05, 0) is 42.5 Å². The van der Waals surface area contributed by atoms with Crippen molar-refractivity contribution in [2.24, 2.45) is 5.73 Å². The molecule has 5 nitrogen and oxygen atoms in total. The third kappa shape index (κ3) is 4.77. The van der Waals surface area contributed by atoms with E-state index in [-0.39, 0.29) is 18.9 Å². The summed E-state index contributed by atoms with van der Waals surface area (Å²) in [5.74, 6) is -1.08. The molecule has 0 bridgehead atoms. The number of amides is 2. The molecule has 0 aliphatic rings. The van der Waals surface area contributed by atoms with Gasteiger partial charge < -0.3 is 16.4 Å². The molecule has 2 amide bonds. The van der Waals surface area contributed by atoms with Crippen molar-refractivity contribution >= 4 is 34.8 Å². The maximum absolute atomic E-state index is 12.9. The molecule has 23 heavy (non-hydrogen) atoms. The molecule has 0 atom stereocenters. The summed E-state index contributed by atoms with van der Waals surface area (Å²) in [6.45, 7) is 0.227. The lowest BCUT2D eigenvalue weighted by Gasteiger charge is -2.10. The summed E-state index contributed by atoms with van der Waals surface area (Å²) in [6.07, 6.45) is 0.169. The van der Waals surface area contributed by atoms with Crippen molar-refractivity contribution in [3.8, 4) is 0 Å². The van der Waals surface area contributed by atoms with Crippen LogP contribution in [0.1, 0.15) is 16.8 Å². The van der Waals surface area contributed by atoms with E-state index >= 15 is 0 Å². The number of hydrogen-bond acceptors (Lipinski definition) is 3. The van der Waals surface area contributed by atoms with Gasteiger partial charge in [0.1, 0.15) is 5.82 Å². The molecule has 2 rings (SSSR count). The summed E-state index contributed by atoms with van der Waals surface area (Å²) >= 11 is 6.01. The SMILES string of the molecule is NCCC(=O)Nc1cc(NC(=O)c2ccc(F)cc2)ccc1Cl. The van der Waals surface area contributed by atoms with E-state index in [1.807, 2.05) is 0 Å². The van der Waals surface area contributed by atoms with Gasteiger partial charge in [0, 0.05) is 24.2 Å². The molecule has 0 saturated carbocycles. The van der Waals surface area contributed by atoms with Crippen LogP contribution in [0.5, 0.6) is 0 Å². The minimum absolute atomic E-state index is 0.169. The van der Waals surface area contributed by atoms with Crippen molar-refractivity contribution in [1.82, 2.24) is 0 Å². The average molecular weight is 336 g/mol. The highest BCUT2D eigenvalue weighted by atomic mass is 35.5. The number of rotatable bonds is 5. The van der Waals surface area contributed by atoms with Gasteiger partial charge in [0.25, 0.3) is 5.91 Å². The van der Waals surface area contributed by atoms with Gasteiger partial charge in [-0.25, -0.2) is 4.39 Å². The smallest absolute Gasteiger partial charge is 0.255 e. The Labute approximate surface area is 137 Å². The fourth-order valence-corrected chi connectivity index (χ4v) is 2.01. The minimum Gasteiger partial charge on any atom is -0.330 e. The summed E-state index contributed by atoms with van der Waals surface area (Å²) in [6, 6.07) is 9.86. The van der Waals surface area contributed by atoms with Crippen LogP contribution >= 0.6 is 11.6 Å². The zero-order chi connectivity index (χ0) is 16.8. The molecule has 4 N–H and O–H groups in total. The lowest BCUT2D eigenvalue weighted by Crippen LogP contribution is -2.17. The average Bonchev–Trinajstić information content (AvgIpc) is 2.51. The zero-order valence-electron chi connectivity index (χ0n) is 12.1. The Morgan fingerprint density at radius 1 is 1.09 bits per heavy atom. The van der Waals surface area contributed by atoms with E-state index in [0.29, 0.717) is 22.0 Å². The van der Waals surface area contributed by atoms with Crippen LogP contribution in [0.15, 0.2) is 42.5 Å². The Morgan fingerprint density at radius 3 is 2.43 bits per heavy atom. The van der Waals surface area contributed by atoms with Gasteiger partial charge in [0.2, 0.25) is 5.91 Å². The molecule has 0 aromatic heterocycles. The van der Waals surface area contributed by atoms with E-state index < -0.39 is 11.7 Å². The predicted octanol–water partition coefficient (Wildman–Crippen LogP) is 3.02. The van der Waals surface area contributed by atoms with E-state index in [9.17, 15) is 14.0 Å². The largest absolute Gasteiger partial charge is 0.330 e. The molecule has 0 spiro atoms. The molecule has 0 fully saturated rings. The monoisotopic (exact) mass is 335 g/mol. The topological polar surface area (TPSA) is 84.2 Å². The van der Waals surface area contributed by atoms with Gasteiger partial charge in [-0.15, -0.1) is 0 Å². The Balaban J connectivity index is 2.12. The first-order valence-corrected chi connectivity index (χ1v) is 7.24. The molecular weight excluding hydrogens is 321 g/mol. The number of anilines is 2. The highest BCUT2D eigenvalue weighted by Crippen LogP contribution is 2.26. The van der Waals surface area contributed by atoms with E-state index in [2.05, 4.69) is 10.6 Å². The standard InChI is InChI=1S/C16H15ClFN3O2/c17-13-6-5-12(9-14(13)21-15(22)7-8-19)20-16(23)10-1-3-11(18)4-2-10/h1-6,9H,7-8,19H2,(H,20,23)(H,21,22).